The molecule has 0 unspecified atom stereocenters. The Morgan fingerprint density at radius 1 is 1.05 bits per heavy atom. The van der Waals surface area contributed by atoms with Crippen LogP contribution in [-0.4, -0.2) is 21.8 Å². The summed E-state index contributed by atoms with van der Waals surface area (Å²) in [6.45, 7) is 0. The third-order valence-electron chi connectivity index (χ3n) is 2.66. The van der Waals surface area contributed by atoms with Crippen LogP contribution in [0.4, 0.5) is 5.13 Å². The normalized spacial score (nSPS) is 12.8. The zero-order valence-corrected chi connectivity index (χ0v) is 11.8. The Morgan fingerprint density at radius 2 is 1.86 bits per heavy atom. The van der Waals surface area contributed by atoms with Gasteiger partial charge in [0.2, 0.25) is 11.1 Å². The molecule has 0 spiro atoms. The number of para-hydroxylation sites is 1. The summed E-state index contributed by atoms with van der Waals surface area (Å²) in [6, 6.07) is 13.2. The summed E-state index contributed by atoms with van der Waals surface area (Å²) in [5.41, 5.74) is 13.1. The Balaban J connectivity index is 1.89. The van der Waals surface area contributed by atoms with Crippen molar-refractivity contribution in [3.05, 3.63) is 54.4 Å². The standard InChI is InChI=1S/C14H12N6S/c15-12(10-6-3-4-8-17-10)19-13(16)20-14-18-9-5-1-2-7-11(9)21-14/h1-8H,(H4,15,16,18,19,20). The predicted octanol–water partition coefficient (Wildman–Crippen LogP) is 2.04. The first kappa shape index (κ1) is 13.2. The first-order valence-electron chi connectivity index (χ1n) is 6.18. The first-order chi connectivity index (χ1) is 10.2. The Morgan fingerprint density at radius 3 is 2.62 bits per heavy atom. The lowest BCUT2D eigenvalue weighted by molar-refractivity contribution is 1.27. The summed E-state index contributed by atoms with van der Waals surface area (Å²) in [7, 11) is 0. The van der Waals surface area contributed by atoms with Crippen LogP contribution in [0.5, 0.6) is 0 Å². The lowest BCUT2D eigenvalue weighted by Gasteiger charge is -1.98. The molecule has 0 fully saturated rings. The molecule has 0 saturated carbocycles. The van der Waals surface area contributed by atoms with Crippen LogP contribution >= 0.6 is 11.3 Å². The zero-order valence-electron chi connectivity index (χ0n) is 11.0. The highest BCUT2D eigenvalue weighted by atomic mass is 32.1. The van der Waals surface area contributed by atoms with Gasteiger partial charge in [0, 0.05) is 6.20 Å². The van der Waals surface area contributed by atoms with Crippen molar-refractivity contribution in [2.24, 2.45) is 21.5 Å². The highest BCUT2D eigenvalue weighted by Gasteiger charge is 2.03. The number of fused-ring (bicyclic) bond motifs is 1. The number of pyridine rings is 1. The minimum Gasteiger partial charge on any atom is -0.382 e. The van der Waals surface area contributed by atoms with Crippen molar-refractivity contribution in [1.29, 1.82) is 0 Å². The zero-order chi connectivity index (χ0) is 14.7. The molecule has 4 N–H and O–H groups in total. The third kappa shape index (κ3) is 3.03. The molecule has 1 aromatic carbocycles. The molecular weight excluding hydrogens is 284 g/mol. The number of benzene rings is 1. The van der Waals surface area contributed by atoms with Crippen LogP contribution in [-0.2, 0) is 0 Å². The molecule has 0 aliphatic rings. The van der Waals surface area contributed by atoms with Crippen molar-refractivity contribution in [3.8, 4) is 0 Å². The van der Waals surface area contributed by atoms with Gasteiger partial charge in [0.15, 0.2) is 5.84 Å². The molecule has 3 rings (SSSR count). The SMILES string of the molecule is N/C(=N\C(N)=N\c1nc2ccccc2s1)c1ccccn1. The fourth-order valence-corrected chi connectivity index (χ4v) is 2.57. The van der Waals surface area contributed by atoms with Crippen LogP contribution in [0, 0.1) is 0 Å². The van der Waals surface area contributed by atoms with Gasteiger partial charge in [-0.3, -0.25) is 4.98 Å². The molecule has 0 atom stereocenters. The number of nitrogens with two attached hydrogens (primary N) is 2. The van der Waals surface area contributed by atoms with Crippen LogP contribution in [0.1, 0.15) is 5.69 Å². The lowest BCUT2D eigenvalue weighted by Crippen LogP contribution is -2.20. The summed E-state index contributed by atoms with van der Waals surface area (Å²) in [4.78, 5) is 16.7. The average molecular weight is 296 g/mol. The van der Waals surface area contributed by atoms with E-state index >= 15 is 0 Å². The number of aromatic nitrogens is 2. The van der Waals surface area contributed by atoms with E-state index in [0.29, 0.717) is 10.8 Å². The van der Waals surface area contributed by atoms with E-state index < -0.39 is 0 Å². The van der Waals surface area contributed by atoms with Crippen LogP contribution in [0.25, 0.3) is 10.2 Å². The average Bonchev–Trinajstić information content (AvgIpc) is 2.90. The van der Waals surface area contributed by atoms with Gasteiger partial charge in [0.1, 0.15) is 5.69 Å². The van der Waals surface area contributed by atoms with E-state index in [1.807, 2.05) is 30.3 Å². The number of rotatable bonds is 2. The van der Waals surface area contributed by atoms with Crippen molar-refractivity contribution in [2.75, 3.05) is 0 Å². The summed E-state index contributed by atoms with van der Waals surface area (Å²) in [5.74, 6) is 0.273. The quantitative estimate of drug-likeness (QED) is 0.558. The van der Waals surface area contributed by atoms with Crippen molar-refractivity contribution in [3.63, 3.8) is 0 Å². The summed E-state index contributed by atoms with van der Waals surface area (Å²) in [6.07, 6.45) is 1.64. The minimum absolute atomic E-state index is 0.0530. The highest BCUT2D eigenvalue weighted by Crippen LogP contribution is 2.27. The van der Waals surface area contributed by atoms with Gasteiger partial charge in [-0.05, 0) is 24.3 Å². The lowest BCUT2D eigenvalue weighted by atomic mass is 10.3. The Kier molecular flexibility index (Phi) is 3.57. The number of hydrogen-bond acceptors (Lipinski definition) is 4. The second kappa shape index (κ2) is 5.68. The van der Waals surface area contributed by atoms with Gasteiger partial charge in [-0.2, -0.15) is 9.98 Å². The second-order valence-electron chi connectivity index (χ2n) is 4.15. The molecular formula is C14H12N6S. The van der Waals surface area contributed by atoms with Gasteiger partial charge in [0.05, 0.1) is 10.2 Å². The van der Waals surface area contributed by atoms with Crippen molar-refractivity contribution in [1.82, 2.24) is 9.97 Å². The van der Waals surface area contributed by atoms with E-state index in [1.54, 1.807) is 18.3 Å². The molecule has 2 heterocycles. The minimum atomic E-state index is 0.0530. The highest BCUT2D eigenvalue weighted by molar-refractivity contribution is 7.22. The summed E-state index contributed by atoms with van der Waals surface area (Å²) < 4.78 is 1.05. The molecule has 104 valence electrons. The largest absolute Gasteiger partial charge is 0.382 e. The molecule has 3 aromatic rings. The topological polar surface area (TPSA) is 103 Å². The van der Waals surface area contributed by atoms with E-state index in [-0.39, 0.29) is 11.8 Å². The molecule has 0 aliphatic carbocycles. The summed E-state index contributed by atoms with van der Waals surface area (Å²) in [5, 5.41) is 0.547. The molecule has 0 amide bonds. The fraction of sp³-hybridized carbons (Fsp3) is 0. The molecule has 6 nitrogen and oxygen atoms in total. The number of hydrogen-bond donors (Lipinski definition) is 2. The van der Waals surface area contributed by atoms with Crippen molar-refractivity contribution >= 4 is 38.5 Å². The van der Waals surface area contributed by atoms with Crippen LogP contribution in [0.2, 0.25) is 0 Å². The number of amidine groups is 1. The maximum atomic E-state index is 5.83. The van der Waals surface area contributed by atoms with Crippen LogP contribution in [0.15, 0.2) is 58.6 Å². The second-order valence-corrected chi connectivity index (χ2v) is 5.16. The number of aliphatic imine (C=N–C) groups is 2. The van der Waals surface area contributed by atoms with Gasteiger partial charge >= 0.3 is 0 Å². The van der Waals surface area contributed by atoms with Gasteiger partial charge in [-0.15, -0.1) is 0 Å². The van der Waals surface area contributed by atoms with Crippen molar-refractivity contribution < 1.29 is 0 Å². The maximum absolute atomic E-state index is 5.83. The van der Waals surface area contributed by atoms with Gasteiger partial charge in [-0.1, -0.05) is 29.5 Å². The summed E-state index contributed by atoms with van der Waals surface area (Å²) >= 11 is 1.44. The molecule has 7 heteroatoms. The van der Waals surface area contributed by atoms with Gasteiger partial charge in [-0.25, -0.2) is 4.98 Å². The molecule has 0 saturated heterocycles. The first-order valence-corrected chi connectivity index (χ1v) is 6.99. The molecule has 2 aromatic heterocycles. The smallest absolute Gasteiger partial charge is 0.224 e. The Bertz CT molecular complexity index is 789. The van der Waals surface area contributed by atoms with Crippen LogP contribution < -0.4 is 11.5 Å². The predicted molar refractivity (Wildman–Crippen MR) is 85.9 cm³/mol. The number of guanidine groups is 1. The Hall–Kier alpha value is -2.80. The van der Waals surface area contributed by atoms with E-state index in [1.165, 1.54) is 11.3 Å². The molecule has 0 aliphatic heterocycles. The maximum Gasteiger partial charge on any atom is 0.224 e. The number of nitrogens with zero attached hydrogens (tertiary/aromatic N) is 4. The fourth-order valence-electron chi connectivity index (χ4n) is 1.73. The van der Waals surface area contributed by atoms with E-state index in [4.69, 9.17) is 11.5 Å². The van der Waals surface area contributed by atoms with Gasteiger partial charge in [0.25, 0.3) is 0 Å². The Labute approximate surface area is 124 Å². The van der Waals surface area contributed by atoms with Crippen LogP contribution in [0.3, 0.4) is 0 Å². The molecule has 0 radical (unpaired) electrons. The van der Waals surface area contributed by atoms with E-state index in [2.05, 4.69) is 20.0 Å². The van der Waals surface area contributed by atoms with Gasteiger partial charge < -0.3 is 11.5 Å². The molecule has 21 heavy (non-hydrogen) atoms. The monoisotopic (exact) mass is 296 g/mol. The van der Waals surface area contributed by atoms with E-state index in [9.17, 15) is 0 Å². The number of thiazole rings is 1. The van der Waals surface area contributed by atoms with E-state index in [0.717, 1.165) is 10.2 Å². The molecule has 0 bridgehead atoms. The van der Waals surface area contributed by atoms with Crippen molar-refractivity contribution in [2.45, 2.75) is 0 Å². The third-order valence-corrected chi connectivity index (χ3v) is 3.59.